The van der Waals surface area contributed by atoms with Crippen molar-refractivity contribution in [1.29, 1.82) is 5.26 Å². The minimum atomic E-state index is 0.526. The van der Waals surface area contributed by atoms with E-state index in [2.05, 4.69) is 43.8 Å². The van der Waals surface area contributed by atoms with Crippen LogP contribution in [0.15, 0.2) is 42.6 Å². The third-order valence-corrected chi connectivity index (χ3v) is 5.65. The van der Waals surface area contributed by atoms with Crippen LogP contribution in [-0.4, -0.2) is 32.7 Å². The molecule has 4 aromatic rings. The molecule has 1 fully saturated rings. The largest absolute Gasteiger partial charge is 0.358 e. The molecule has 0 unspecified atom stereocenters. The van der Waals surface area contributed by atoms with Crippen LogP contribution in [-0.2, 0) is 0 Å². The van der Waals surface area contributed by atoms with Crippen molar-refractivity contribution in [3.63, 3.8) is 0 Å². The zero-order valence-electron chi connectivity index (χ0n) is 15.2. The molecule has 1 aromatic carbocycles. The van der Waals surface area contributed by atoms with E-state index in [-0.39, 0.29) is 0 Å². The molecule has 0 spiro atoms. The molecule has 0 aliphatic carbocycles. The summed E-state index contributed by atoms with van der Waals surface area (Å²) in [6.45, 7) is 3.94. The lowest BCUT2D eigenvalue weighted by molar-refractivity contribution is 0.492. The van der Waals surface area contributed by atoms with Gasteiger partial charge in [0.25, 0.3) is 0 Å². The number of rotatable bonds is 2. The molecule has 1 N–H and O–H groups in total. The van der Waals surface area contributed by atoms with Gasteiger partial charge in [-0.05, 0) is 49.6 Å². The molecule has 0 radical (unpaired) electrons. The van der Waals surface area contributed by atoms with Crippen LogP contribution in [0.25, 0.3) is 16.7 Å². The lowest BCUT2D eigenvalue weighted by atomic mass is 9.93. The number of imidazole rings is 1. The van der Waals surface area contributed by atoms with Gasteiger partial charge in [-0.3, -0.25) is 9.50 Å². The monoisotopic (exact) mass is 356 g/mol. The Morgan fingerprint density at radius 3 is 2.74 bits per heavy atom. The molecule has 0 bridgehead atoms. The molecule has 6 nitrogen and oxygen atoms in total. The van der Waals surface area contributed by atoms with Gasteiger partial charge in [0.1, 0.15) is 11.9 Å². The first kappa shape index (κ1) is 15.9. The molecule has 1 saturated heterocycles. The number of hydrogen-bond acceptors (Lipinski definition) is 4. The number of aromatic nitrogens is 4. The van der Waals surface area contributed by atoms with Crippen molar-refractivity contribution in [3.05, 3.63) is 59.4 Å². The van der Waals surface area contributed by atoms with Crippen LogP contribution in [0.4, 0.5) is 5.82 Å². The summed E-state index contributed by atoms with van der Waals surface area (Å²) in [6, 6.07) is 14.7. The highest BCUT2D eigenvalue weighted by molar-refractivity contribution is 5.85. The van der Waals surface area contributed by atoms with E-state index in [9.17, 15) is 5.26 Å². The maximum Gasteiger partial charge on any atom is 0.157 e. The fraction of sp³-hybridized carbons (Fsp3) is 0.286. The average molecular weight is 356 g/mol. The second kappa shape index (κ2) is 6.13. The number of fused-ring (bicyclic) bond motifs is 3. The van der Waals surface area contributed by atoms with Crippen molar-refractivity contribution in [3.8, 4) is 6.07 Å². The zero-order valence-corrected chi connectivity index (χ0v) is 15.2. The quantitative estimate of drug-likeness (QED) is 0.593. The van der Waals surface area contributed by atoms with Crippen molar-refractivity contribution >= 4 is 22.5 Å². The topological polar surface area (TPSA) is 73.0 Å². The Morgan fingerprint density at radius 2 is 2.00 bits per heavy atom. The maximum absolute atomic E-state index is 9.66. The number of aromatic amines is 1. The lowest BCUT2D eigenvalue weighted by Crippen LogP contribution is -2.34. The SMILES string of the molecule is Cc1cc(N2CCC(c3ccn[nH]3)CC2)n2c(nc3ccccc32)c1C#N. The van der Waals surface area contributed by atoms with Gasteiger partial charge in [-0.2, -0.15) is 10.4 Å². The standard InChI is InChI=1S/C21H20N6/c1-14-12-20(26-10-7-15(8-11-26)17-6-9-23-25-17)27-19-5-3-2-4-18(19)24-21(27)16(14)13-22/h2-6,9,12,15H,7-8,10-11H2,1H3,(H,23,25). The van der Waals surface area contributed by atoms with E-state index < -0.39 is 0 Å². The third kappa shape index (κ3) is 2.47. The van der Waals surface area contributed by atoms with Gasteiger partial charge in [0.2, 0.25) is 0 Å². The van der Waals surface area contributed by atoms with Gasteiger partial charge < -0.3 is 4.90 Å². The molecular weight excluding hydrogens is 336 g/mol. The minimum Gasteiger partial charge on any atom is -0.358 e. The highest BCUT2D eigenvalue weighted by atomic mass is 15.2. The van der Waals surface area contributed by atoms with E-state index in [4.69, 9.17) is 4.98 Å². The Balaban J connectivity index is 1.60. The molecule has 134 valence electrons. The van der Waals surface area contributed by atoms with Gasteiger partial charge in [-0.25, -0.2) is 4.98 Å². The molecule has 0 atom stereocenters. The van der Waals surface area contributed by atoms with Gasteiger partial charge in [0.15, 0.2) is 5.65 Å². The first-order valence-electron chi connectivity index (χ1n) is 9.31. The zero-order chi connectivity index (χ0) is 18.4. The highest BCUT2D eigenvalue weighted by Gasteiger charge is 2.25. The van der Waals surface area contributed by atoms with Crippen LogP contribution in [0.2, 0.25) is 0 Å². The Bertz CT molecular complexity index is 1160. The summed E-state index contributed by atoms with van der Waals surface area (Å²) in [5.41, 5.74) is 5.59. The molecular formula is C21H20N6. The predicted molar refractivity (Wildman–Crippen MR) is 105 cm³/mol. The second-order valence-electron chi connectivity index (χ2n) is 7.21. The maximum atomic E-state index is 9.66. The first-order chi connectivity index (χ1) is 13.3. The number of nitriles is 1. The molecule has 0 amide bonds. The normalized spacial score (nSPS) is 15.5. The predicted octanol–water partition coefficient (Wildman–Crippen LogP) is 3.77. The van der Waals surface area contributed by atoms with Crippen LogP contribution in [0.5, 0.6) is 0 Å². The Morgan fingerprint density at radius 1 is 1.19 bits per heavy atom. The fourth-order valence-corrected chi connectivity index (χ4v) is 4.22. The minimum absolute atomic E-state index is 0.526. The van der Waals surface area contributed by atoms with Gasteiger partial charge in [-0.1, -0.05) is 12.1 Å². The van der Waals surface area contributed by atoms with E-state index in [1.807, 2.05) is 31.3 Å². The molecule has 5 rings (SSSR count). The third-order valence-electron chi connectivity index (χ3n) is 5.65. The van der Waals surface area contributed by atoms with Gasteiger partial charge in [0.05, 0.1) is 16.6 Å². The van der Waals surface area contributed by atoms with Gasteiger partial charge >= 0.3 is 0 Å². The summed E-state index contributed by atoms with van der Waals surface area (Å²) < 4.78 is 2.15. The van der Waals surface area contributed by atoms with Crippen LogP contribution < -0.4 is 4.90 Å². The molecule has 3 aromatic heterocycles. The van der Waals surface area contributed by atoms with Crippen LogP contribution >= 0.6 is 0 Å². The number of para-hydroxylation sites is 2. The molecule has 1 aliphatic heterocycles. The summed E-state index contributed by atoms with van der Waals surface area (Å²) >= 11 is 0. The van der Waals surface area contributed by atoms with E-state index in [0.29, 0.717) is 11.5 Å². The van der Waals surface area contributed by atoms with E-state index in [1.54, 1.807) is 0 Å². The first-order valence-corrected chi connectivity index (χ1v) is 9.31. The van der Waals surface area contributed by atoms with Crippen molar-refractivity contribution in [2.24, 2.45) is 0 Å². The number of hydrogen-bond donors (Lipinski definition) is 1. The molecule has 27 heavy (non-hydrogen) atoms. The van der Waals surface area contributed by atoms with Crippen LogP contribution in [0.1, 0.15) is 35.6 Å². The summed E-state index contributed by atoms with van der Waals surface area (Å²) in [5, 5.41) is 16.9. The Labute approximate surface area is 157 Å². The van der Waals surface area contributed by atoms with E-state index in [0.717, 1.165) is 54.0 Å². The van der Waals surface area contributed by atoms with Crippen molar-refractivity contribution < 1.29 is 0 Å². The number of H-pyrrole nitrogens is 1. The molecule has 1 aliphatic rings. The Hall–Kier alpha value is -3.33. The smallest absolute Gasteiger partial charge is 0.157 e. The fourth-order valence-electron chi connectivity index (χ4n) is 4.22. The van der Waals surface area contributed by atoms with E-state index >= 15 is 0 Å². The van der Waals surface area contributed by atoms with Crippen LogP contribution in [0.3, 0.4) is 0 Å². The van der Waals surface area contributed by atoms with Crippen molar-refractivity contribution in [1.82, 2.24) is 19.6 Å². The number of aryl methyl sites for hydroxylation is 1. The molecule has 0 saturated carbocycles. The summed E-state index contributed by atoms with van der Waals surface area (Å²) in [5.74, 6) is 1.65. The Kier molecular flexibility index (Phi) is 3.61. The second-order valence-corrected chi connectivity index (χ2v) is 7.21. The van der Waals surface area contributed by atoms with E-state index in [1.165, 1.54) is 5.69 Å². The van der Waals surface area contributed by atoms with Crippen molar-refractivity contribution in [2.75, 3.05) is 18.0 Å². The summed E-state index contributed by atoms with van der Waals surface area (Å²) in [4.78, 5) is 7.18. The molecule has 6 heteroatoms. The van der Waals surface area contributed by atoms with Crippen LogP contribution in [0, 0.1) is 18.3 Å². The lowest BCUT2D eigenvalue weighted by Gasteiger charge is -2.34. The number of pyridine rings is 1. The van der Waals surface area contributed by atoms with Gasteiger partial charge in [0, 0.05) is 30.9 Å². The number of nitrogens with one attached hydrogen (secondary N) is 1. The van der Waals surface area contributed by atoms with Gasteiger partial charge in [-0.15, -0.1) is 0 Å². The molecule has 4 heterocycles. The summed E-state index contributed by atoms with van der Waals surface area (Å²) in [7, 11) is 0. The average Bonchev–Trinajstić information content (AvgIpc) is 3.36. The number of nitrogens with zero attached hydrogens (tertiary/aromatic N) is 5. The van der Waals surface area contributed by atoms with Crippen molar-refractivity contribution in [2.45, 2.75) is 25.7 Å². The highest BCUT2D eigenvalue weighted by Crippen LogP contribution is 2.33. The number of piperidine rings is 1. The number of anilines is 1. The summed E-state index contributed by atoms with van der Waals surface area (Å²) in [6.07, 6.45) is 3.98. The number of benzene rings is 1.